The summed E-state index contributed by atoms with van der Waals surface area (Å²) in [7, 11) is 0. The van der Waals surface area contributed by atoms with Gasteiger partial charge in [0.15, 0.2) is 0 Å². The highest BCUT2D eigenvalue weighted by Crippen LogP contribution is 2.36. The Kier molecular flexibility index (Phi) is 3.24. The fourth-order valence-corrected chi connectivity index (χ4v) is 3.51. The van der Waals surface area contributed by atoms with Gasteiger partial charge in [0.25, 0.3) is 5.69 Å². The predicted octanol–water partition coefficient (Wildman–Crippen LogP) is 2.05. The molecule has 0 amide bonds. The van der Waals surface area contributed by atoms with Crippen molar-refractivity contribution in [1.29, 1.82) is 0 Å². The van der Waals surface area contributed by atoms with Gasteiger partial charge in [-0.25, -0.2) is 0 Å². The summed E-state index contributed by atoms with van der Waals surface area (Å²) in [5.74, 6) is 0. The molecule has 2 fully saturated rings. The van der Waals surface area contributed by atoms with Gasteiger partial charge in [-0.2, -0.15) is 0 Å². The normalized spacial score (nSPS) is 30.5. The number of nitrogens with two attached hydrogens (primary N) is 1. The predicted molar refractivity (Wildman–Crippen MR) is 72.7 cm³/mol. The second-order valence-electron chi connectivity index (χ2n) is 5.71. The Morgan fingerprint density at radius 1 is 1.21 bits per heavy atom. The first-order chi connectivity index (χ1) is 9.13. The minimum absolute atomic E-state index is 0.160. The molecule has 0 radical (unpaired) electrons. The molecule has 102 valence electrons. The molecule has 2 unspecified atom stereocenters. The van der Waals surface area contributed by atoms with E-state index in [0.717, 1.165) is 24.9 Å². The van der Waals surface area contributed by atoms with Gasteiger partial charge in [0.2, 0.25) is 0 Å². The van der Waals surface area contributed by atoms with Crippen molar-refractivity contribution in [2.45, 2.75) is 50.4 Å². The smallest absolute Gasteiger partial charge is 0.269 e. The summed E-state index contributed by atoms with van der Waals surface area (Å²) < 4.78 is 0. The quantitative estimate of drug-likeness (QED) is 0.667. The molecule has 1 aromatic rings. The zero-order chi connectivity index (χ0) is 13.4. The Hall–Kier alpha value is -1.46. The van der Waals surface area contributed by atoms with E-state index in [1.807, 2.05) is 12.1 Å². The van der Waals surface area contributed by atoms with E-state index in [0.29, 0.717) is 18.1 Å². The number of non-ortho nitro benzene ring substituents is 1. The molecule has 5 heteroatoms. The average Bonchev–Trinajstić information content (AvgIpc) is 2.62. The highest BCUT2D eigenvalue weighted by atomic mass is 16.6. The van der Waals surface area contributed by atoms with E-state index in [-0.39, 0.29) is 10.6 Å². The van der Waals surface area contributed by atoms with Crippen molar-refractivity contribution in [2.24, 2.45) is 5.73 Å². The minimum atomic E-state index is -0.354. The van der Waals surface area contributed by atoms with Gasteiger partial charge in [0.1, 0.15) is 0 Å². The molecule has 2 bridgehead atoms. The van der Waals surface area contributed by atoms with Crippen LogP contribution in [0, 0.1) is 10.1 Å². The highest BCUT2D eigenvalue weighted by Gasteiger charge is 2.39. The number of fused-ring (bicyclic) bond motifs is 2. The Bertz CT molecular complexity index is 460. The van der Waals surface area contributed by atoms with E-state index in [2.05, 4.69) is 4.90 Å². The Balaban J connectivity index is 1.70. The van der Waals surface area contributed by atoms with Gasteiger partial charge in [0, 0.05) is 36.8 Å². The van der Waals surface area contributed by atoms with Crippen molar-refractivity contribution < 1.29 is 4.92 Å². The lowest BCUT2D eigenvalue weighted by atomic mass is 9.97. The lowest BCUT2D eigenvalue weighted by Crippen LogP contribution is -2.46. The van der Waals surface area contributed by atoms with Crippen LogP contribution in [0.3, 0.4) is 0 Å². The Labute approximate surface area is 112 Å². The van der Waals surface area contributed by atoms with Crippen LogP contribution in [0.5, 0.6) is 0 Å². The second kappa shape index (κ2) is 4.90. The lowest BCUT2D eigenvalue weighted by molar-refractivity contribution is -0.384. The molecule has 0 aromatic heterocycles. The number of benzene rings is 1. The molecule has 2 saturated heterocycles. The van der Waals surface area contributed by atoms with E-state index in [4.69, 9.17) is 5.73 Å². The molecule has 2 atom stereocenters. The van der Waals surface area contributed by atoms with Crippen LogP contribution >= 0.6 is 0 Å². The second-order valence-corrected chi connectivity index (χ2v) is 5.71. The van der Waals surface area contributed by atoms with Gasteiger partial charge in [-0.1, -0.05) is 12.1 Å². The number of hydrogen-bond donors (Lipinski definition) is 1. The number of piperidine rings is 1. The minimum Gasteiger partial charge on any atom is -0.328 e. The summed E-state index contributed by atoms with van der Waals surface area (Å²) in [5, 5.41) is 10.6. The molecule has 0 saturated carbocycles. The van der Waals surface area contributed by atoms with Crippen molar-refractivity contribution in [3.05, 3.63) is 39.9 Å². The van der Waals surface area contributed by atoms with Gasteiger partial charge < -0.3 is 5.73 Å². The molecular formula is C14H19N3O2. The van der Waals surface area contributed by atoms with Crippen molar-refractivity contribution in [2.75, 3.05) is 0 Å². The van der Waals surface area contributed by atoms with Gasteiger partial charge in [-0.3, -0.25) is 15.0 Å². The van der Waals surface area contributed by atoms with E-state index < -0.39 is 0 Å². The first-order valence-electron chi connectivity index (χ1n) is 6.88. The van der Waals surface area contributed by atoms with Crippen molar-refractivity contribution >= 4 is 5.69 Å². The first kappa shape index (κ1) is 12.6. The summed E-state index contributed by atoms with van der Waals surface area (Å²) >= 11 is 0. The maximum atomic E-state index is 10.6. The number of nitrogens with zero attached hydrogens (tertiary/aromatic N) is 2. The summed E-state index contributed by atoms with van der Waals surface area (Å²) in [5.41, 5.74) is 7.37. The van der Waals surface area contributed by atoms with Crippen LogP contribution in [0.15, 0.2) is 24.3 Å². The average molecular weight is 261 g/mol. The number of nitro benzene ring substituents is 1. The zero-order valence-electron chi connectivity index (χ0n) is 10.9. The third kappa shape index (κ3) is 2.48. The summed E-state index contributed by atoms with van der Waals surface area (Å²) in [6, 6.07) is 8.47. The molecular weight excluding hydrogens is 242 g/mol. The van der Waals surface area contributed by atoms with Gasteiger partial charge in [0.05, 0.1) is 4.92 Å². The Morgan fingerprint density at radius 2 is 1.79 bits per heavy atom. The fraction of sp³-hybridized carbons (Fsp3) is 0.571. The van der Waals surface area contributed by atoms with E-state index >= 15 is 0 Å². The van der Waals surface area contributed by atoms with Crippen LogP contribution in [-0.2, 0) is 6.54 Å². The SMILES string of the molecule is NC1CC2CCC(C1)N2Cc1ccc([N+](=O)[O-])cc1. The largest absolute Gasteiger partial charge is 0.328 e. The van der Waals surface area contributed by atoms with Crippen LogP contribution in [0.1, 0.15) is 31.2 Å². The monoisotopic (exact) mass is 261 g/mol. The van der Waals surface area contributed by atoms with E-state index in [9.17, 15) is 10.1 Å². The van der Waals surface area contributed by atoms with E-state index in [1.54, 1.807) is 12.1 Å². The van der Waals surface area contributed by atoms with Crippen molar-refractivity contribution in [3.8, 4) is 0 Å². The molecule has 2 aliphatic rings. The van der Waals surface area contributed by atoms with Crippen LogP contribution in [0.2, 0.25) is 0 Å². The lowest BCUT2D eigenvalue weighted by Gasteiger charge is -2.37. The van der Waals surface area contributed by atoms with Crippen molar-refractivity contribution in [3.63, 3.8) is 0 Å². The molecule has 3 rings (SSSR count). The molecule has 1 aromatic carbocycles. The van der Waals surface area contributed by atoms with Crippen LogP contribution in [0.25, 0.3) is 0 Å². The van der Waals surface area contributed by atoms with Gasteiger partial charge >= 0.3 is 0 Å². The zero-order valence-corrected chi connectivity index (χ0v) is 10.9. The Morgan fingerprint density at radius 3 is 2.32 bits per heavy atom. The maximum Gasteiger partial charge on any atom is 0.269 e. The van der Waals surface area contributed by atoms with Crippen LogP contribution in [-0.4, -0.2) is 27.9 Å². The molecule has 5 nitrogen and oxygen atoms in total. The fourth-order valence-electron chi connectivity index (χ4n) is 3.51. The number of rotatable bonds is 3. The van der Waals surface area contributed by atoms with Crippen molar-refractivity contribution in [1.82, 2.24) is 4.90 Å². The highest BCUT2D eigenvalue weighted by molar-refractivity contribution is 5.33. The third-order valence-electron chi connectivity index (χ3n) is 4.43. The summed E-state index contributed by atoms with van der Waals surface area (Å²) in [4.78, 5) is 12.8. The maximum absolute atomic E-state index is 10.6. The molecule has 2 aliphatic heterocycles. The summed E-state index contributed by atoms with van der Waals surface area (Å²) in [6.45, 7) is 0.889. The molecule has 0 aliphatic carbocycles. The summed E-state index contributed by atoms with van der Waals surface area (Å²) in [6.07, 6.45) is 4.66. The van der Waals surface area contributed by atoms with Gasteiger partial charge in [-0.15, -0.1) is 0 Å². The topological polar surface area (TPSA) is 72.4 Å². The number of nitro groups is 1. The van der Waals surface area contributed by atoms with Crippen LogP contribution < -0.4 is 5.73 Å². The van der Waals surface area contributed by atoms with Gasteiger partial charge in [-0.05, 0) is 31.2 Å². The van der Waals surface area contributed by atoms with Crippen LogP contribution in [0.4, 0.5) is 5.69 Å². The third-order valence-corrected chi connectivity index (χ3v) is 4.43. The molecule has 2 heterocycles. The molecule has 19 heavy (non-hydrogen) atoms. The molecule has 0 spiro atoms. The molecule has 2 N–H and O–H groups in total. The standard InChI is InChI=1S/C14H19N3O2/c15-11-7-13-5-6-14(8-11)16(13)9-10-1-3-12(4-2-10)17(18)19/h1-4,11,13-14H,5-9,15H2. The van der Waals surface area contributed by atoms with E-state index in [1.165, 1.54) is 12.8 Å². The number of hydrogen-bond acceptors (Lipinski definition) is 4. The first-order valence-corrected chi connectivity index (χ1v) is 6.88.